The lowest BCUT2D eigenvalue weighted by molar-refractivity contribution is 0.0991. The minimum absolute atomic E-state index is 0.108. The van der Waals surface area contributed by atoms with E-state index >= 15 is 0 Å². The van der Waals surface area contributed by atoms with Crippen molar-refractivity contribution in [1.29, 1.82) is 0 Å². The molecule has 1 aliphatic carbocycles. The molecule has 0 amide bonds. The molecule has 0 bridgehead atoms. The average Bonchev–Trinajstić information content (AvgIpc) is 2.68. The molecule has 1 aromatic rings. The van der Waals surface area contributed by atoms with E-state index in [9.17, 15) is 9.90 Å². The van der Waals surface area contributed by atoms with Crippen molar-refractivity contribution < 1.29 is 14.3 Å². The molecule has 1 atom stereocenters. The van der Waals surface area contributed by atoms with Crippen molar-refractivity contribution in [2.24, 2.45) is 5.73 Å². The third-order valence-electron chi connectivity index (χ3n) is 2.62. The van der Waals surface area contributed by atoms with E-state index in [1.807, 2.05) is 0 Å². The molecule has 3 N–H and O–H groups in total. The van der Waals surface area contributed by atoms with E-state index in [0.29, 0.717) is 29.9 Å². The van der Waals surface area contributed by atoms with Crippen LogP contribution in [0.4, 0.5) is 0 Å². The molecular formula is C10H13NO3. The highest BCUT2D eigenvalue weighted by atomic mass is 16.4. The number of aliphatic hydroxyl groups excluding tert-OH is 1. The molecule has 0 saturated carbocycles. The topological polar surface area (TPSA) is 76.5 Å². The summed E-state index contributed by atoms with van der Waals surface area (Å²) in [5.41, 5.74) is 6.86. The maximum Gasteiger partial charge on any atom is 0.166 e. The number of rotatable bonds is 2. The molecule has 4 heteroatoms. The Labute approximate surface area is 81.7 Å². The second-order valence-electron chi connectivity index (χ2n) is 3.55. The largest absolute Gasteiger partial charge is 0.462 e. The van der Waals surface area contributed by atoms with E-state index in [1.165, 1.54) is 0 Å². The van der Waals surface area contributed by atoms with E-state index in [-0.39, 0.29) is 12.3 Å². The molecule has 0 radical (unpaired) electrons. The molecule has 1 unspecified atom stereocenters. The number of aliphatic hydroxyl groups is 1. The SMILES string of the molecule is Cc1oc(C(O)CN)c2c1C(=O)CC2. The highest BCUT2D eigenvalue weighted by Gasteiger charge is 2.30. The van der Waals surface area contributed by atoms with E-state index in [1.54, 1.807) is 6.92 Å². The number of hydrogen-bond donors (Lipinski definition) is 2. The number of fused-ring (bicyclic) bond motifs is 1. The van der Waals surface area contributed by atoms with Crippen molar-refractivity contribution in [3.05, 3.63) is 22.6 Å². The lowest BCUT2D eigenvalue weighted by Gasteiger charge is -2.05. The number of furan rings is 1. The maximum absolute atomic E-state index is 11.4. The van der Waals surface area contributed by atoms with Crippen molar-refractivity contribution in [2.45, 2.75) is 25.9 Å². The molecule has 1 aromatic heterocycles. The number of nitrogens with two attached hydrogens (primary N) is 1. The summed E-state index contributed by atoms with van der Waals surface area (Å²) in [5, 5.41) is 9.56. The molecular weight excluding hydrogens is 182 g/mol. The number of aryl methyl sites for hydroxylation is 1. The second-order valence-corrected chi connectivity index (χ2v) is 3.55. The van der Waals surface area contributed by atoms with Crippen LogP contribution < -0.4 is 5.73 Å². The predicted octanol–water partition coefficient (Wildman–Crippen LogP) is 0.709. The van der Waals surface area contributed by atoms with Crippen molar-refractivity contribution >= 4 is 5.78 Å². The molecule has 0 spiro atoms. The number of carbonyl (C=O) groups excluding carboxylic acids is 1. The van der Waals surface area contributed by atoms with Crippen LogP contribution in [-0.4, -0.2) is 17.4 Å². The van der Waals surface area contributed by atoms with Crippen LogP contribution in [0.15, 0.2) is 4.42 Å². The third-order valence-corrected chi connectivity index (χ3v) is 2.62. The van der Waals surface area contributed by atoms with Crippen LogP contribution in [0.1, 0.15) is 40.0 Å². The van der Waals surface area contributed by atoms with Gasteiger partial charge in [-0.15, -0.1) is 0 Å². The molecule has 1 aliphatic rings. The van der Waals surface area contributed by atoms with E-state index in [4.69, 9.17) is 10.2 Å². The average molecular weight is 195 g/mol. The molecule has 14 heavy (non-hydrogen) atoms. The minimum Gasteiger partial charge on any atom is -0.462 e. The van der Waals surface area contributed by atoms with Gasteiger partial charge in [-0.25, -0.2) is 0 Å². The van der Waals surface area contributed by atoms with Crippen molar-refractivity contribution in [1.82, 2.24) is 0 Å². The van der Waals surface area contributed by atoms with Crippen LogP contribution in [0.3, 0.4) is 0 Å². The van der Waals surface area contributed by atoms with Gasteiger partial charge in [0.15, 0.2) is 5.78 Å². The molecule has 1 heterocycles. The van der Waals surface area contributed by atoms with Crippen LogP contribution in [0.2, 0.25) is 0 Å². The van der Waals surface area contributed by atoms with Gasteiger partial charge in [0.2, 0.25) is 0 Å². The Balaban J connectivity index is 2.50. The number of Topliss-reactive ketones (excluding diaryl/α,β-unsaturated/α-hetero) is 1. The first kappa shape index (κ1) is 9.43. The van der Waals surface area contributed by atoms with Gasteiger partial charge >= 0.3 is 0 Å². The van der Waals surface area contributed by atoms with E-state index < -0.39 is 6.10 Å². The van der Waals surface area contributed by atoms with Crippen LogP contribution in [0.5, 0.6) is 0 Å². The van der Waals surface area contributed by atoms with Crippen molar-refractivity contribution in [3.63, 3.8) is 0 Å². The van der Waals surface area contributed by atoms with Gasteiger partial charge in [-0.05, 0) is 13.3 Å². The van der Waals surface area contributed by atoms with Gasteiger partial charge in [-0.3, -0.25) is 4.79 Å². The summed E-state index contributed by atoms with van der Waals surface area (Å²) in [6, 6.07) is 0. The van der Waals surface area contributed by atoms with Gasteiger partial charge in [0.1, 0.15) is 17.6 Å². The molecule has 2 rings (SSSR count). The summed E-state index contributed by atoms with van der Waals surface area (Å²) in [5.74, 6) is 1.19. The Morgan fingerprint density at radius 2 is 2.29 bits per heavy atom. The summed E-state index contributed by atoms with van der Waals surface area (Å²) >= 11 is 0. The molecule has 4 nitrogen and oxygen atoms in total. The minimum atomic E-state index is -0.789. The fourth-order valence-electron chi connectivity index (χ4n) is 1.97. The fourth-order valence-corrected chi connectivity index (χ4v) is 1.97. The standard InChI is InChI=1S/C10H13NO3/c1-5-9-6(2-3-7(9)12)10(14-5)8(13)4-11/h8,13H,2-4,11H2,1H3. The summed E-state index contributed by atoms with van der Waals surface area (Å²) in [4.78, 5) is 11.4. The zero-order valence-electron chi connectivity index (χ0n) is 8.04. The quantitative estimate of drug-likeness (QED) is 0.728. The van der Waals surface area contributed by atoms with Gasteiger partial charge in [-0.2, -0.15) is 0 Å². The number of carbonyl (C=O) groups is 1. The Hall–Kier alpha value is -1.13. The number of ketones is 1. The summed E-state index contributed by atoms with van der Waals surface area (Å²) in [6.07, 6.45) is 0.396. The van der Waals surface area contributed by atoms with Crippen LogP contribution in [0.25, 0.3) is 0 Å². The zero-order chi connectivity index (χ0) is 10.3. The molecule has 0 fully saturated rings. The van der Waals surface area contributed by atoms with Crippen molar-refractivity contribution in [2.75, 3.05) is 6.54 Å². The smallest absolute Gasteiger partial charge is 0.166 e. The normalized spacial score (nSPS) is 17.2. The Morgan fingerprint density at radius 1 is 1.57 bits per heavy atom. The third kappa shape index (κ3) is 1.19. The molecule has 76 valence electrons. The molecule has 0 aliphatic heterocycles. The van der Waals surface area contributed by atoms with Gasteiger partial charge in [0.05, 0.1) is 5.56 Å². The molecule has 0 saturated heterocycles. The summed E-state index contributed by atoms with van der Waals surface area (Å²) < 4.78 is 5.36. The lowest BCUT2D eigenvalue weighted by Crippen LogP contribution is -2.12. The first-order valence-electron chi connectivity index (χ1n) is 4.68. The lowest BCUT2D eigenvalue weighted by atomic mass is 10.1. The van der Waals surface area contributed by atoms with E-state index in [2.05, 4.69) is 0 Å². The summed E-state index contributed by atoms with van der Waals surface area (Å²) in [6.45, 7) is 1.86. The van der Waals surface area contributed by atoms with Gasteiger partial charge in [0.25, 0.3) is 0 Å². The Morgan fingerprint density at radius 3 is 2.93 bits per heavy atom. The van der Waals surface area contributed by atoms with Crippen LogP contribution >= 0.6 is 0 Å². The van der Waals surface area contributed by atoms with E-state index in [0.717, 1.165) is 5.56 Å². The van der Waals surface area contributed by atoms with Gasteiger partial charge in [-0.1, -0.05) is 0 Å². The van der Waals surface area contributed by atoms with Gasteiger partial charge in [0, 0.05) is 18.5 Å². The second kappa shape index (κ2) is 3.22. The zero-order valence-corrected chi connectivity index (χ0v) is 8.04. The fraction of sp³-hybridized carbons (Fsp3) is 0.500. The highest BCUT2D eigenvalue weighted by Crippen LogP contribution is 2.33. The summed E-state index contributed by atoms with van der Waals surface area (Å²) in [7, 11) is 0. The van der Waals surface area contributed by atoms with Crippen LogP contribution in [0, 0.1) is 6.92 Å². The molecule has 0 aromatic carbocycles. The number of hydrogen-bond acceptors (Lipinski definition) is 4. The Bertz CT molecular complexity index is 381. The maximum atomic E-state index is 11.4. The van der Waals surface area contributed by atoms with Gasteiger partial charge < -0.3 is 15.3 Å². The Kier molecular flexibility index (Phi) is 2.17. The predicted molar refractivity (Wildman–Crippen MR) is 50.1 cm³/mol. The van der Waals surface area contributed by atoms with Crippen LogP contribution in [-0.2, 0) is 6.42 Å². The first-order chi connectivity index (χ1) is 6.65. The first-order valence-corrected chi connectivity index (χ1v) is 4.68. The monoisotopic (exact) mass is 195 g/mol. The highest BCUT2D eigenvalue weighted by molar-refractivity contribution is 6.01. The van der Waals surface area contributed by atoms with Crippen molar-refractivity contribution in [3.8, 4) is 0 Å².